The third-order valence-corrected chi connectivity index (χ3v) is 5.51. The third kappa shape index (κ3) is 3.90. The maximum absolute atomic E-state index is 13.1. The van der Waals surface area contributed by atoms with E-state index in [4.69, 9.17) is 0 Å². The quantitative estimate of drug-likeness (QED) is 0.860. The summed E-state index contributed by atoms with van der Waals surface area (Å²) in [4.78, 5) is 25.2. The van der Waals surface area contributed by atoms with Crippen molar-refractivity contribution in [2.24, 2.45) is 5.92 Å². The molecule has 1 heterocycles. The van der Waals surface area contributed by atoms with Crippen LogP contribution in [0.4, 0.5) is 0 Å². The van der Waals surface area contributed by atoms with Crippen molar-refractivity contribution < 1.29 is 4.79 Å². The van der Waals surface area contributed by atoms with Gasteiger partial charge in [0.15, 0.2) is 0 Å². The molecule has 1 amide bonds. The molecule has 1 fully saturated rings. The molecule has 1 N–H and O–H groups in total. The van der Waals surface area contributed by atoms with Crippen LogP contribution in [0.25, 0.3) is 0 Å². The Bertz CT molecular complexity index is 627. The standard InChI is InChI=1S/C20H32N2O2/c1-5-14(3)18-16(6-2)12-17(19(23)21-4)20(24)22(18)13-15-10-8-7-9-11-15/h12,14-15H,5-11,13H2,1-4H3,(H,21,23). The van der Waals surface area contributed by atoms with Crippen LogP contribution >= 0.6 is 0 Å². The molecule has 0 aromatic carbocycles. The Labute approximate surface area is 145 Å². The minimum Gasteiger partial charge on any atom is -0.355 e. The Morgan fingerprint density at radius 3 is 2.50 bits per heavy atom. The second kappa shape index (κ2) is 8.50. The average Bonchev–Trinajstić information content (AvgIpc) is 2.62. The summed E-state index contributed by atoms with van der Waals surface area (Å²) >= 11 is 0. The van der Waals surface area contributed by atoms with Crippen LogP contribution in [0.2, 0.25) is 0 Å². The van der Waals surface area contributed by atoms with Gasteiger partial charge in [0.2, 0.25) is 0 Å². The van der Waals surface area contributed by atoms with Crippen molar-refractivity contribution in [2.45, 2.75) is 78.2 Å². The lowest BCUT2D eigenvalue weighted by Gasteiger charge is -2.27. The molecule has 4 nitrogen and oxygen atoms in total. The molecule has 0 saturated heterocycles. The van der Waals surface area contributed by atoms with Gasteiger partial charge in [0, 0.05) is 19.3 Å². The van der Waals surface area contributed by atoms with E-state index in [-0.39, 0.29) is 17.0 Å². The maximum Gasteiger partial charge on any atom is 0.263 e. The molecule has 24 heavy (non-hydrogen) atoms. The van der Waals surface area contributed by atoms with Crippen molar-refractivity contribution in [3.05, 3.63) is 33.2 Å². The molecule has 1 unspecified atom stereocenters. The predicted molar refractivity (Wildman–Crippen MR) is 98.8 cm³/mol. The lowest BCUT2D eigenvalue weighted by Crippen LogP contribution is -2.36. The van der Waals surface area contributed by atoms with Gasteiger partial charge in [0.25, 0.3) is 11.5 Å². The van der Waals surface area contributed by atoms with Gasteiger partial charge in [-0.3, -0.25) is 9.59 Å². The van der Waals surface area contributed by atoms with E-state index in [2.05, 4.69) is 26.1 Å². The lowest BCUT2D eigenvalue weighted by atomic mass is 9.88. The van der Waals surface area contributed by atoms with Crippen molar-refractivity contribution in [2.75, 3.05) is 7.05 Å². The number of hydrogen-bond donors (Lipinski definition) is 1. The highest BCUT2D eigenvalue weighted by molar-refractivity contribution is 5.93. The Balaban J connectivity index is 2.56. The van der Waals surface area contributed by atoms with Crippen molar-refractivity contribution in [1.29, 1.82) is 0 Å². The normalized spacial score (nSPS) is 16.8. The zero-order chi connectivity index (χ0) is 17.7. The number of carbonyl (C=O) groups is 1. The fraction of sp³-hybridized carbons (Fsp3) is 0.700. The van der Waals surface area contributed by atoms with Crippen molar-refractivity contribution in [1.82, 2.24) is 9.88 Å². The molecule has 1 saturated carbocycles. The lowest BCUT2D eigenvalue weighted by molar-refractivity contribution is 0.0960. The third-order valence-electron chi connectivity index (χ3n) is 5.51. The number of aryl methyl sites for hydroxylation is 1. The second-order valence-corrected chi connectivity index (χ2v) is 7.13. The zero-order valence-corrected chi connectivity index (χ0v) is 15.7. The van der Waals surface area contributed by atoms with E-state index < -0.39 is 0 Å². The maximum atomic E-state index is 13.1. The molecule has 4 heteroatoms. The molecule has 1 aliphatic rings. The molecule has 0 radical (unpaired) electrons. The molecule has 0 spiro atoms. The number of nitrogens with zero attached hydrogens (tertiary/aromatic N) is 1. The topological polar surface area (TPSA) is 51.1 Å². The van der Waals surface area contributed by atoms with E-state index in [1.54, 1.807) is 7.05 Å². The second-order valence-electron chi connectivity index (χ2n) is 7.13. The van der Waals surface area contributed by atoms with Gasteiger partial charge in [0.05, 0.1) is 0 Å². The summed E-state index contributed by atoms with van der Waals surface area (Å²) in [5.41, 5.74) is 2.45. The Kier molecular flexibility index (Phi) is 6.64. The first-order chi connectivity index (χ1) is 11.5. The van der Waals surface area contributed by atoms with Gasteiger partial charge >= 0.3 is 0 Å². The first-order valence-electron chi connectivity index (χ1n) is 9.52. The molecular weight excluding hydrogens is 300 g/mol. The smallest absolute Gasteiger partial charge is 0.263 e. The minimum absolute atomic E-state index is 0.118. The molecule has 1 aliphatic carbocycles. The summed E-state index contributed by atoms with van der Waals surface area (Å²) in [7, 11) is 1.58. The van der Waals surface area contributed by atoms with E-state index in [9.17, 15) is 9.59 Å². The van der Waals surface area contributed by atoms with Gasteiger partial charge in [0.1, 0.15) is 5.56 Å². The summed E-state index contributed by atoms with van der Waals surface area (Å²) in [5.74, 6) is 0.613. The van der Waals surface area contributed by atoms with Crippen LogP contribution in [-0.4, -0.2) is 17.5 Å². The van der Waals surface area contributed by atoms with Crippen LogP contribution in [0, 0.1) is 5.92 Å². The van der Waals surface area contributed by atoms with Gasteiger partial charge in [-0.05, 0) is 49.1 Å². The summed E-state index contributed by atoms with van der Waals surface area (Å²) in [6.07, 6.45) is 8.05. The fourth-order valence-electron chi connectivity index (χ4n) is 3.90. The van der Waals surface area contributed by atoms with E-state index in [0.29, 0.717) is 11.8 Å². The number of aromatic nitrogens is 1. The summed E-state index contributed by atoms with van der Waals surface area (Å²) in [6.45, 7) is 7.21. The molecule has 0 aliphatic heterocycles. The van der Waals surface area contributed by atoms with Gasteiger partial charge in [-0.15, -0.1) is 0 Å². The SMILES string of the molecule is CCc1cc(C(=O)NC)c(=O)n(CC2CCCCC2)c1C(C)CC. The Hall–Kier alpha value is -1.58. The number of rotatable bonds is 6. The van der Waals surface area contributed by atoms with E-state index in [1.165, 1.54) is 32.1 Å². The van der Waals surface area contributed by atoms with E-state index in [1.807, 2.05) is 10.6 Å². The van der Waals surface area contributed by atoms with Crippen LogP contribution < -0.4 is 10.9 Å². The number of hydrogen-bond acceptors (Lipinski definition) is 2. The monoisotopic (exact) mass is 332 g/mol. The number of pyridine rings is 1. The van der Waals surface area contributed by atoms with E-state index >= 15 is 0 Å². The number of carbonyl (C=O) groups excluding carboxylic acids is 1. The number of amides is 1. The Morgan fingerprint density at radius 1 is 1.29 bits per heavy atom. The molecule has 134 valence electrons. The summed E-state index contributed by atoms with van der Waals surface area (Å²) in [6, 6.07) is 1.82. The highest BCUT2D eigenvalue weighted by atomic mass is 16.2. The zero-order valence-electron chi connectivity index (χ0n) is 15.7. The van der Waals surface area contributed by atoms with Crippen LogP contribution in [0.15, 0.2) is 10.9 Å². The van der Waals surface area contributed by atoms with Crippen molar-refractivity contribution >= 4 is 5.91 Å². The predicted octanol–water partition coefficient (Wildman–Crippen LogP) is 3.86. The molecule has 2 rings (SSSR count). The largest absolute Gasteiger partial charge is 0.355 e. The van der Waals surface area contributed by atoms with Crippen LogP contribution in [-0.2, 0) is 13.0 Å². The van der Waals surface area contributed by atoms with Gasteiger partial charge in [-0.2, -0.15) is 0 Å². The van der Waals surface area contributed by atoms with Gasteiger partial charge < -0.3 is 9.88 Å². The van der Waals surface area contributed by atoms with Gasteiger partial charge in [-0.25, -0.2) is 0 Å². The van der Waals surface area contributed by atoms with Crippen molar-refractivity contribution in [3.63, 3.8) is 0 Å². The fourth-order valence-corrected chi connectivity index (χ4v) is 3.90. The van der Waals surface area contributed by atoms with Crippen LogP contribution in [0.3, 0.4) is 0 Å². The van der Waals surface area contributed by atoms with E-state index in [0.717, 1.165) is 30.6 Å². The van der Waals surface area contributed by atoms with Crippen LogP contribution in [0.5, 0.6) is 0 Å². The molecular formula is C20H32N2O2. The highest BCUT2D eigenvalue weighted by Gasteiger charge is 2.23. The summed E-state index contributed by atoms with van der Waals surface area (Å²) < 4.78 is 1.94. The minimum atomic E-state index is -0.275. The molecule has 1 atom stereocenters. The summed E-state index contributed by atoms with van der Waals surface area (Å²) in [5, 5.41) is 2.61. The first-order valence-corrected chi connectivity index (χ1v) is 9.52. The highest BCUT2D eigenvalue weighted by Crippen LogP contribution is 2.28. The molecule has 1 aromatic rings. The molecule has 1 aromatic heterocycles. The average molecular weight is 332 g/mol. The Morgan fingerprint density at radius 2 is 1.96 bits per heavy atom. The number of nitrogens with one attached hydrogen (secondary N) is 1. The van der Waals surface area contributed by atoms with Crippen LogP contribution in [0.1, 0.15) is 86.8 Å². The van der Waals surface area contributed by atoms with Gasteiger partial charge in [-0.1, -0.05) is 40.0 Å². The first kappa shape index (κ1) is 18.8. The van der Waals surface area contributed by atoms with Crippen molar-refractivity contribution in [3.8, 4) is 0 Å². The molecule has 0 bridgehead atoms.